The van der Waals surface area contributed by atoms with Crippen LogP contribution in [0.15, 0.2) is 24.3 Å². The molecule has 2 aliphatic carbocycles. The van der Waals surface area contributed by atoms with E-state index in [-0.39, 0.29) is 5.91 Å². The van der Waals surface area contributed by atoms with Crippen LogP contribution in [-0.2, 0) is 0 Å². The van der Waals surface area contributed by atoms with Gasteiger partial charge in [0.2, 0.25) is 0 Å². The first-order valence-corrected chi connectivity index (χ1v) is 7.95. The van der Waals surface area contributed by atoms with Crippen LogP contribution in [0.25, 0.3) is 0 Å². The molecule has 3 atom stereocenters. The Labute approximate surface area is 127 Å². The number of nitrogens with one attached hydrogen (secondary N) is 2. The molecule has 3 heteroatoms. The lowest BCUT2D eigenvalue weighted by atomic mass is 9.68. The Morgan fingerprint density at radius 2 is 2.05 bits per heavy atom. The second kappa shape index (κ2) is 4.75. The number of carbonyl (C=O) groups excluding carboxylic acids is 1. The predicted octanol–water partition coefficient (Wildman–Crippen LogP) is 3.67. The lowest BCUT2D eigenvalue weighted by molar-refractivity contribution is 0.0963. The van der Waals surface area contributed by atoms with Gasteiger partial charge in [-0.1, -0.05) is 26.8 Å². The van der Waals surface area contributed by atoms with E-state index in [9.17, 15) is 4.79 Å². The van der Waals surface area contributed by atoms with Gasteiger partial charge in [0.15, 0.2) is 0 Å². The monoisotopic (exact) mass is 286 g/mol. The maximum Gasteiger partial charge on any atom is 0.251 e. The Bertz CT molecular complexity index is 561. The number of carbonyl (C=O) groups is 1. The molecular formula is C18H26N2O. The normalized spacial score (nSPS) is 33.0. The molecule has 2 fully saturated rings. The molecule has 0 heterocycles. The van der Waals surface area contributed by atoms with Crippen molar-refractivity contribution in [3.05, 3.63) is 29.8 Å². The predicted molar refractivity (Wildman–Crippen MR) is 86.5 cm³/mol. The first-order valence-electron chi connectivity index (χ1n) is 7.95. The Morgan fingerprint density at radius 3 is 2.67 bits per heavy atom. The molecule has 3 rings (SSSR count). The van der Waals surface area contributed by atoms with Crippen molar-refractivity contribution in [3.63, 3.8) is 0 Å². The number of rotatable bonds is 3. The largest absolute Gasteiger partial charge is 0.381 e. The van der Waals surface area contributed by atoms with E-state index < -0.39 is 0 Å². The van der Waals surface area contributed by atoms with Crippen LogP contribution in [0.4, 0.5) is 5.69 Å². The first-order chi connectivity index (χ1) is 9.87. The van der Waals surface area contributed by atoms with Gasteiger partial charge in [-0.2, -0.15) is 0 Å². The Kier molecular flexibility index (Phi) is 3.27. The maximum atomic E-state index is 11.8. The Hall–Kier alpha value is -1.51. The summed E-state index contributed by atoms with van der Waals surface area (Å²) in [7, 11) is 1.67. The topological polar surface area (TPSA) is 41.1 Å². The van der Waals surface area contributed by atoms with Crippen molar-refractivity contribution in [2.24, 2.45) is 16.7 Å². The molecule has 1 unspecified atom stereocenters. The zero-order valence-electron chi connectivity index (χ0n) is 13.5. The smallest absolute Gasteiger partial charge is 0.251 e. The van der Waals surface area contributed by atoms with Crippen molar-refractivity contribution in [1.82, 2.24) is 5.32 Å². The molecule has 0 aliphatic heterocycles. The molecule has 2 bridgehead atoms. The van der Waals surface area contributed by atoms with Gasteiger partial charge in [0.25, 0.3) is 5.91 Å². The molecule has 0 radical (unpaired) electrons. The highest BCUT2D eigenvalue weighted by molar-refractivity contribution is 5.94. The van der Waals surface area contributed by atoms with Crippen LogP contribution >= 0.6 is 0 Å². The molecule has 1 aromatic rings. The van der Waals surface area contributed by atoms with Crippen molar-refractivity contribution < 1.29 is 4.79 Å². The standard InChI is InChI=1S/C18H26N2O/c1-17(2)13-8-9-18(3,11-13)16(17)20-14-7-5-6-12(10-14)15(21)19-4/h5-7,10,13,16,20H,8-9,11H2,1-4H3,(H,19,21)/t13-,16?,18+/m0/s1. The average molecular weight is 286 g/mol. The maximum absolute atomic E-state index is 11.8. The van der Waals surface area contributed by atoms with Crippen molar-refractivity contribution in [2.75, 3.05) is 12.4 Å². The minimum absolute atomic E-state index is 0.0305. The zero-order chi connectivity index (χ0) is 15.3. The summed E-state index contributed by atoms with van der Waals surface area (Å²) in [5.74, 6) is 0.791. The molecule has 2 saturated carbocycles. The molecule has 1 aromatic carbocycles. The second-order valence-electron chi connectivity index (χ2n) is 7.65. The highest BCUT2D eigenvalue weighted by Crippen LogP contribution is 2.63. The van der Waals surface area contributed by atoms with Gasteiger partial charge in [0.1, 0.15) is 0 Å². The number of hydrogen-bond acceptors (Lipinski definition) is 2. The van der Waals surface area contributed by atoms with Crippen molar-refractivity contribution in [1.29, 1.82) is 0 Å². The molecule has 0 spiro atoms. The molecular weight excluding hydrogens is 260 g/mol. The Morgan fingerprint density at radius 1 is 1.29 bits per heavy atom. The van der Waals surface area contributed by atoms with E-state index in [1.807, 2.05) is 18.2 Å². The van der Waals surface area contributed by atoms with E-state index >= 15 is 0 Å². The van der Waals surface area contributed by atoms with E-state index in [2.05, 4.69) is 37.5 Å². The summed E-state index contributed by atoms with van der Waals surface area (Å²) < 4.78 is 0. The highest BCUT2D eigenvalue weighted by Gasteiger charge is 2.59. The fraction of sp³-hybridized carbons (Fsp3) is 0.611. The van der Waals surface area contributed by atoms with Gasteiger partial charge in [0, 0.05) is 24.3 Å². The van der Waals surface area contributed by atoms with E-state index in [4.69, 9.17) is 0 Å². The van der Waals surface area contributed by atoms with Crippen LogP contribution in [0.5, 0.6) is 0 Å². The first kappa shape index (κ1) is 14.4. The third-order valence-corrected chi connectivity index (χ3v) is 5.93. The van der Waals surface area contributed by atoms with Crippen molar-refractivity contribution >= 4 is 11.6 Å². The SMILES string of the molecule is CNC(=O)c1cccc(NC2C(C)(C)[C@H]3CC[C@]2(C)C3)c1. The lowest BCUT2D eigenvalue weighted by Crippen LogP contribution is -2.45. The minimum atomic E-state index is -0.0305. The summed E-state index contributed by atoms with van der Waals surface area (Å²) in [6.07, 6.45) is 4.00. The fourth-order valence-electron chi connectivity index (χ4n) is 4.72. The summed E-state index contributed by atoms with van der Waals surface area (Å²) in [6, 6.07) is 8.32. The summed E-state index contributed by atoms with van der Waals surface area (Å²) in [5, 5.41) is 6.43. The molecule has 1 amide bonds. The van der Waals surface area contributed by atoms with Gasteiger partial charge in [-0.05, 0) is 54.2 Å². The quantitative estimate of drug-likeness (QED) is 0.890. The molecule has 0 aromatic heterocycles. The highest BCUT2D eigenvalue weighted by atomic mass is 16.1. The Balaban J connectivity index is 1.85. The minimum Gasteiger partial charge on any atom is -0.381 e. The van der Waals surface area contributed by atoms with Crippen LogP contribution in [0.2, 0.25) is 0 Å². The fourth-order valence-corrected chi connectivity index (χ4v) is 4.72. The molecule has 2 aliphatic rings. The van der Waals surface area contributed by atoms with Gasteiger partial charge >= 0.3 is 0 Å². The number of hydrogen-bond donors (Lipinski definition) is 2. The van der Waals surface area contributed by atoms with Crippen LogP contribution in [0.1, 0.15) is 50.4 Å². The van der Waals surface area contributed by atoms with Crippen LogP contribution < -0.4 is 10.6 Å². The number of benzene rings is 1. The van der Waals surface area contributed by atoms with Crippen molar-refractivity contribution in [3.8, 4) is 0 Å². The summed E-state index contributed by atoms with van der Waals surface area (Å²) in [4.78, 5) is 11.8. The van der Waals surface area contributed by atoms with E-state index in [1.165, 1.54) is 19.3 Å². The van der Waals surface area contributed by atoms with Gasteiger partial charge in [-0.25, -0.2) is 0 Å². The molecule has 114 valence electrons. The third kappa shape index (κ3) is 2.23. The van der Waals surface area contributed by atoms with Crippen LogP contribution in [0, 0.1) is 16.7 Å². The molecule has 2 N–H and O–H groups in total. The second-order valence-corrected chi connectivity index (χ2v) is 7.65. The lowest BCUT2D eigenvalue weighted by Gasteiger charge is -2.43. The van der Waals surface area contributed by atoms with E-state index in [0.29, 0.717) is 22.4 Å². The van der Waals surface area contributed by atoms with Gasteiger partial charge in [0.05, 0.1) is 0 Å². The van der Waals surface area contributed by atoms with Crippen LogP contribution in [-0.4, -0.2) is 19.0 Å². The summed E-state index contributed by atoms with van der Waals surface area (Å²) >= 11 is 0. The molecule has 21 heavy (non-hydrogen) atoms. The summed E-state index contributed by atoms with van der Waals surface area (Å²) in [6.45, 7) is 7.20. The molecule has 3 nitrogen and oxygen atoms in total. The summed E-state index contributed by atoms with van der Waals surface area (Å²) in [5.41, 5.74) is 2.48. The van der Waals surface area contributed by atoms with Crippen molar-refractivity contribution in [2.45, 2.75) is 46.1 Å². The number of anilines is 1. The number of amides is 1. The van der Waals surface area contributed by atoms with E-state index in [0.717, 1.165) is 11.6 Å². The van der Waals surface area contributed by atoms with Crippen LogP contribution in [0.3, 0.4) is 0 Å². The average Bonchev–Trinajstić information content (AvgIpc) is 2.94. The van der Waals surface area contributed by atoms with Gasteiger partial charge in [-0.15, -0.1) is 0 Å². The zero-order valence-corrected chi connectivity index (χ0v) is 13.5. The third-order valence-electron chi connectivity index (χ3n) is 5.93. The van der Waals surface area contributed by atoms with Gasteiger partial charge < -0.3 is 10.6 Å². The molecule has 0 saturated heterocycles. The van der Waals surface area contributed by atoms with Gasteiger partial charge in [-0.3, -0.25) is 4.79 Å². The number of fused-ring (bicyclic) bond motifs is 2. The van der Waals surface area contributed by atoms with E-state index in [1.54, 1.807) is 7.05 Å².